The van der Waals surface area contributed by atoms with Crippen molar-refractivity contribution in [1.29, 1.82) is 0 Å². The molecule has 0 bridgehead atoms. The number of thioether (sulfide) groups is 1. The zero-order chi connectivity index (χ0) is 12.5. The van der Waals surface area contributed by atoms with Crippen LogP contribution in [-0.4, -0.2) is 29.3 Å². The van der Waals surface area contributed by atoms with Gasteiger partial charge in [0.25, 0.3) is 0 Å². The third-order valence-corrected chi connectivity index (χ3v) is 4.32. The van der Waals surface area contributed by atoms with Crippen LogP contribution in [0.1, 0.15) is 11.9 Å². The Morgan fingerprint density at radius 2 is 2.33 bits per heavy atom. The number of ether oxygens (including phenoxy) is 1. The molecule has 1 fully saturated rings. The molecule has 3 nitrogen and oxygen atoms in total. The largest absolute Gasteiger partial charge is 0.457 e. The van der Waals surface area contributed by atoms with Crippen LogP contribution in [0.5, 0.6) is 0 Å². The Morgan fingerprint density at radius 1 is 1.44 bits per heavy atom. The topological polar surface area (TPSA) is 42.6 Å². The van der Waals surface area contributed by atoms with Gasteiger partial charge in [0.15, 0.2) is 5.58 Å². The summed E-state index contributed by atoms with van der Waals surface area (Å²) in [6.45, 7) is 0.674. The van der Waals surface area contributed by atoms with Crippen LogP contribution < -0.4 is 0 Å². The molecule has 1 aliphatic rings. The zero-order valence-electron chi connectivity index (χ0n) is 9.64. The zero-order valence-corrected chi connectivity index (χ0v) is 11.2. The molecule has 1 saturated heterocycles. The van der Waals surface area contributed by atoms with Crippen molar-refractivity contribution in [3.63, 3.8) is 0 Å². The number of rotatable bonds is 2. The summed E-state index contributed by atoms with van der Waals surface area (Å²) in [6.07, 6.45) is -0.940. The van der Waals surface area contributed by atoms with Gasteiger partial charge in [0, 0.05) is 16.9 Å². The highest BCUT2D eigenvalue weighted by atomic mass is 35.5. The van der Waals surface area contributed by atoms with Crippen LogP contribution in [-0.2, 0) is 4.74 Å². The average molecular weight is 285 g/mol. The molecule has 2 heterocycles. The van der Waals surface area contributed by atoms with Gasteiger partial charge >= 0.3 is 0 Å². The Kier molecular flexibility index (Phi) is 3.52. The highest BCUT2D eigenvalue weighted by Gasteiger charge is 2.27. The number of hydrogen-bond donors (Lipinski definition) is 1. The van der Waals surface area contributed by atoms with Crippen molar-refractivity contribution < 1.29 is 14.3 Å². The van der Waals surface area contributed by atoms with Crippen molar-refractivity contribution in [3.8, 4) is 0 Å². The summed E-state index contributed by atoms with van der Waals surface area (Å²) in [5.41, 5.74) is 0.622. The summed E-state index contributed by atoms with van der Waals surface area (Å²) in [4.78, 5) is 0. The molecule has 2 atom stereocenters. The van der Waals surface area contributed by atoms with Gasteiger partial charge in [-0.3, -0.25) is 0 Å². The van der Waals surface area contributed by atoms with E-state index in [9.17, 15) is 5.11 Å². The molecule has 1 N–H and O–H groups in total. The first-order chi connectivity index (χ1) is 8.75. The molecule has 2 unspecified atom stereocenters. The van der Waals surface area contributed by atoms with E-state index in [0.29, 0.717) is 23.0 Å². The van der Waals surface area contributed by atoms with Crippen molar-refractivity contribution in [2.45, 2.75) is 12.2 Å². The summed E-state index contributed by atoms with van der Waals surface area (Å²) < 4.78 is 11.2. The fourth-order valence-electron chi connectivity index (χ4n) is 2.06. The van der Waals surface area contributed by atoms with E-state index >= 15 is 0 Å². The number of fused-ring (bicyclic) bond motifs is 1. The number of hydrogen-bond acceptors (Lipinski definition) is 4. The second kappa shape index (κ2) is 5.13. The summed E-state index contributed by atoms with van der Waals surface area (Å²) in [6, 6.07) is 7.38. The highest BCUT2D eigenvalue weighted by Crippen LogP contribution is 2.32. The minimum absolute atomic E-state index is 0.205. The van der Waals surface area contributed by atoms with Gasteiger partial charge in [-0.15, -0.1) is 0 Å². The van der Waals surface area contributed by atoms with Gasteiger partial charge in [0.1, 0.15) is 11.9 Å². The molecule has 3 rings (SSSR count). The Labute approximate surface area is 114 Å². The van der Waals surface area contributed by atoms with Crippen LogP contribution in [0.15, 0.2) is 28.7 Å². The molecular formula is C13H13ClO3S. The molecule has 0 saturated carbocycles. The number of halogens is 1. The monoisotopic (exact) mass is 284 g/mol. The van der Waals surface area contributed by atoms with Crippen molar-refractivity contribution in [2.75, 3.05) is 18.1 Å². The molecule has 18 heavy (non-hydrogen) atoms. The molecule has 0 aliphatic carbocycles. The van der Waals surface area contributed by atoms with E-state index in [2.05, 4.69) is 0 Å². The highest BCUT2D eigenvalue weighted by molar-refractivity contribution is 7.99. The first kappa shape index (κ1) is 12.4. The summed E-state index contributed by atoms with van der Waals surface area (Å²) >= 11 is 7.83. The van der Waals surface area contributed by atoms with Gasteiger partial charge in [0.05, 0.1) is 17.7 Å². The fourth-order valence-corrected chi connectivity index (χ4v) is 3.18. The molecule has 0 spiro atoms. The first-order valence-electron chi connectivity index (χ1n) is 5.81. The number of para-hydroxylation sites is 1. The van der Waals surface area contributed by atoms with Gasteiger partial charge < -0.3 is 14.3 Å². The van der Waals surface area contributed by atoms with Gasteiger partial charge in [-0.05, 0) is 12.1 Å². The number of aliphatic hydroxyl groups excluding tert-OH is 1. The summed E-state index contributed by atoms with van der Waals surface area (Å²) in [7, 11) is 0. The minimum Gasteiger partial charge on any atom is -0.457 e. The van der Waals surface area contributed by atoms with Gasteiger partial charge in [0.2, 0.25) is 0 Å². The van der Waals surface area contributed by atoms with Gasteiger partial charge in [-0.2, -0.15) is 11.8 Å². The lowest BCUT2D eigenvalue weighted by atomic mass is 10.1. The lowest BCUT2D eigenvalue weighted by Crippen LogP contribution is -2.29. The Balaban J connectivity index is 1.91. The van der Waals surface area contributed by atoms with E-state index in [1.807, 2.05) is 18.2 Å². The van der Waals surface area contributed by atoms with Crippen LogP contribution in [0.4, 0.5) is 0 Å². The normalized spacial score (nSPS) is 22.2. The molecule has 1 aliphatic heterocycles. The molecule has 96 valence electrons. The molecule has 1 aromatic heterocycles. The van der Waals surface area contributed by atoms with Crippen molar-refractivity contribution in [2.24, 2.45) is 0 Å². The maximum Gasteiger partial charge on any atom is 0.152 e. The predicted octanol–water partition coefficient (Wildman–Crippen LogP) is 3.25. The van der Waals surface area contributed by atoms with Crippen molar-refractivity contribution in [3.05, 3.63) is 35.0 Å². The molecule has 0 amide bonds. The Morgan fingerprint density at radius 3 is 3.06 bits per heavy atom. The lowest BCUT2D eigenvalue weighted by molar-refractivity contribution is -0.0311. The average Bonchev–Trinajstić information content (AvgIpc) is 2.84. The van der Waals surface area contributed by atoms with E-state index in [1.54, 1.807) is 17.8 Å². The standard InChI is InChI=1S/C13H13ClO3S/c14-9-3-1-2-8-6-10(17-13(8)9)12(15)11-7-18-5-4-16-11/h1-3,6,11-12,15H,4-5,7H2. The van der Waals surface area contributed by atoms with Gasteiger partial charge in [-0.1, -0.05) is 23.7 Å². The quantitative estimate of drug-likeness (QED) is 0.919. The minimum atomic E-state index is -0.735. The number of benzene rings is 1. The predicted molar refractivity (Wildman–Crippen MR) is 73.2 cm³/mol. The molecule has 1 aromatic carbocycles. The van der Waals surface area contributed by atoms with Crippen LogP contribution in [0.25, 0.3) is 11.0 Å². The fraction of sp³-hybridized carbons (Fsp3) is 0.385. The maximum atomic E-state index is 10.3. The van der Waals surface area contributed by atoms with E-state index in [0.717, 1.165) is 16.9 Å². The Bertz CT molecular complexity index is 548. The van der Waals surface area contributed by atoms with E-state index in [4.69, 9.17) is 20.8 Å². The summed E-state index contributed by atoms with van der Waals surface area (Å²) in [5, 5.41) is 11.7. The molecule has 2 aromatic rings. The van der Waals surface area contributed by atoms with Crippen LogP contribution >= 0.6 is 23.4 Å². The van der Waals surface area contributed by atoms with E-state index < -0.39 is 6.10 Å². The van der Waals surface area contributed by atoms with E-state index in [1.165, 1.54) is 0 Å². The number of furan rings is 1. The number of aliphatic hydroxyl groups is 1. The summed E-state index contributed by atoms with van der Waals surface area (Å²) in [5.74, 6) is 2.28. The lowest BCUT2D eigenvalue weighted by Gasteiger charge is -2.25. The molecule has 5 heteroatoms. The Hall–Kier alpha value is -0.680. The van der Waals surface area contributed by atoms with Crippen LogP contribution in [0.3, 0.4) is 0 Å². The van der Waals surface area contributed by atoms with Crippen LogP contribution in [0, 0.1) is 0 Å². The second-order valence-corrected chi connectivity index (χ2v) is 5.79. The van der Waals surface area contributed by atoms with Gasteiger partial charge in [-0.25, -0.2) is 0 Å². The van der Waals surface area contributed by atoms with Crippen molar-refractivity contribution >= 4 is 34.3 Å². The molecule has 0 radical (unpaired) electrons. The smallest absolute Gasteiger partial charge is 0.152 e. The van der Waals surface area contributed by atoms with Crippen molar-refractivity contribution in [1.82, 2.24) is 0 Å². The molecular weight excluding hydrogens is 272 g/mol. The van der Waals surface area contributed by atoms with E-state index in [-0.39, 0.29) is 6.10 Å². The maximum absolute atomic E-state index is 10.3. The SMILES string of the molecule is OC(c1cc2cccc(Cl)c2o1)C1CSCCO1. The third-order valence-electron chi connectivity index (χ3n) is 3.00. The van der Waals surface area contributed by atoms with Crippen LogP contribution in [0.2, 0.25) is 5.02 Å². The second-order valence-electron chi connectivity index (χ2n) is 4.24. The third kappa shape index (κ3) is 2.26. The first-order valence-corrected chi connectivity index (χ1v) is 7.34.